The third kappa shape index (κ3) is 4.68. The molecule has 0 saturated carbocycles. The van der Waals surface area contributed by atoms with E-state index in [0.717, 1.165) is 0 Å². The molecule has 1 aromatic carbocycles. The van der Waals surface area contributed by atoms with Crippen molar-refractivity contribution in [3.05, 3.63) is 34.4 Å². The first kappa shape index (κ1) is 16.2. The highest BCUT2D eigenvalue weighted by atomic mass is 16.6. The van der Waals surface area contributed by atoms with Gasteiger partial charge in [0.15, 0.2) is 0 Å². The van der Waals surface area contributed by atoms with Crippen LogP contribution in [0.3, 0.4) is 0 Å². The maximum Gasteiger partial charge on any atom is 0.319 e. The fourth-order valence-corrected chi connectivity index (χ4v) is 2.15. The third-order valence-corrected chi connectivity index (χ3v) is 3.27. The number of rotatable bonds is 6. The van der Waals surface area contributed by atoms with E-state index in [0.29, 0.717) is 25.4 Å². The number of nitro benzene ring substituents is 1. The maximum absolute atomic E-state index is 11.3. The van der Waals surface area contributed by atoms with E-state index in [1.807, 2.05) is 4.90 Å². The van der Waals surface area contributed by atoms with Crippen molar-refractivity contribution in [1.82, 2.24) is 4.90 Å². The molecule has 1 heterocycles. The van der Waals surface area contributed by atoms with Crippen LogP contribution in [-0.2, 0) is 14.3 Å². The van der Waals surface area contributed by atoms with Crippen LogP contribution < -0.4 is 4.74 Å². The van der Waals surface area contributed by atoms with Gasteiger partial charge in [0.2, 0.25) is 0 Å². The maximum atomic E-state index is 11.3. The van der Waals surface area contributed by atoms with E-state index in [1.165, 1.54) is 19.2 Å². The Morgan fingerprint density at radius 1 is 1.55 bits per heavy atom. The standard InChI is InChI=1S/C14H18N2O6/c1-20-14(17)9-15-5-6-21-13(8-15)10-22-12-4-2-3-11(7-12)16(18)19/h2-4,7,13H,5-6,8-10H2,1H3. The molecule has 0 bridgehead atoms. The molecular formula is C14H18N2O6. The molecule has 0 spiro atoms. The Kier molecular flexibility index (Phi) is 5.68. The molecule has 1 aromatic rings. The zero-order chi connectivity index (χ0) is 15.9. The Morgan fingerprint density at radius 2 is 2.36 bits per heavy atom. The summed E-state index contributed by atoms with van der Waals surface area (Å²) in [5.74, 6) is 0.128. The van der Waals surface area contributed by atoms with Gasteiger partial charge >= 0.3 is 5.97 Å². The summed E-state index contributed by atoms with van der Waals surface area (Å²) in [5, 5.41) is 10.7. The number of carbonyl (C=O) groups is 1. The molecule has 1 fully saturated rings. The minimum Gasteiger partial charge on any atom is -0.491 e. The van der Waals surface area contributed by atoms with Crippen LogP contribution in [0.25, 0.3) is 0 Å². The van der Waals surface area contributed by atoms with Gasteiger partial charge in [-0.3, -0.25) is 19.8 Å². The van der Waals surface area contributed by atoms with E-state index in [-0.39, 0.29) is 30.9 Å². The molecule has 0 amide bonds. The molecular weight excluding hydrogens is 292 g/mol. The summed E-state index contributed by atoms with van der Waals surface area (Å²) in [6.45, 7) is 2.18. The molecule has 2 rings (SSSR count). The number of esters is 1. The molecule has 1 aliphatic rings. The van der Waals surface area contributed by atoms with Gasteiger partial charge in [0.25, 0.3) is 5.69 Å². The third-order valence-electron chi connectivity index (χ3n) is 3.27. The van der Waals surface area contributed by atoms with Crippen molar-refractivity contribution in [2.75, 3.05) is 40.0 Å². The van der Waals surface area contributed by atoms with Gasteiger partial charge in [-0.1, -0.05) is 6.07 Å². The number of hydrogen-bond donors (Lipinski definition) is 0. The summed E-state index contributed by atoms with van der Waals surface area (Å²) < 4.78 is 15.8. The lowest BCUT2D eigenvalue weighted by Crippen LogP contribution is -2.46. The van der Waals surface area contributed by atoms with Crippen LogP contribution in [0.1, 0.15) is 0 Å². The van der Waals surface area contributed by atoms with Gasteiger partial charge < -0.3 is 14.2 Å². The molecule has 0 N–H and O–H groups in total. The predicted molar refractivity (Wildman–Crippen MR) is 76.8 cm³/mol. The second kappa shape index (κ2) is 7.71. The minimum atomic E-state index is -0.470. The van der Waals surface area contributed by atoms with E-state index >= 15 is 0 Å². The van der Waals surface area contributed by atoms with Crippen LogP contribution in [0, 0.1) is 10.1 Å². The second-order valence-electron chi connectivity index (χ2n) is 4.87. The fourth-order valence-electron chi connectivity index (χ4n) is 2.15. The van der Waals surface area contributed by atoms with Crippen molar-refractivity contribution in [2.24, 2.45) is 0 Å². The van der Waals surface area contributed by atoms with Gasteiger partial charge in [-0.05, 0) is 6.07 Å². The summed E-state index contributed by atoms with van der Waals surface area (Å²) >= 11 is 0. The lowest BCUT2D eigenvalue weighted by Gasteiger charge is -2.31. The first-order valence-corrected chi connectivity index (χ1v) is 6.86. The predicted octanol–water partition coefficient (Wildman–Crippen LogP) is 0.847. The van der Waals surface area contributed by atoms with Gasteiger partial charge in [-0.15, -0.1) is 0 Å². The van der Waals surface area contributed by atoms with Crippen molar-refractivity contribution in [2.45, 2.75) is 6.10 Å². The van der Waals surface area contributed by atoms with Crippen LogP contribution in [0.4, 0.5) is 5.69 Å². The van der Waals surface area contributed by atoms with Crippen LogP contribution >= 0.6 is 0 Å². The Balaban J connectivity index is 1.84. The van der Waals surface area contributed by atoms with Crippen molar-refractivity contribution in [3.63, 3.8) is 0 Å². The first-order valence-electron chi connectivity index (χ1n) is 6.86. The van der Waals surface area contributed by atoms with Gasteiger partial charge in [0, 0.05) is 19.2 Å². The van der Waals surface area contributed by atoms with Gasteiger partial charge in [0.05, 0.1) is 31.3 Å². The van der Waals surface area contributed by atoms with E-state index in [9.17, 15) is 14.9 Å². The van der Waals surface area contributed by atoms with E-state index in [4.69, 9.17) is 9.47 Å². The van der Waals surface area contributed by atoms with Crippen LogP contribution in [0.2, 0.25) is 0 Å². The summed E-state index contributed by atoms with van der Waals surface area (Å²) in [5.41, 5.74) is -0.0191. The molecule has 1 unspecified atom stereocenters. The number of carbonyl (C=O) groups excluding carboxylic acids is 1. The van der Waals surface area contributed by atoms with Crippen molar-refractivity contribution < 1.29 is 23.9 Å². The Hall–Kier alpha value is -2.19. The molecule has 8 heteroatoms. The number of nitro groups is 1. The number of hydrogen-bond acceptors (Lipinski definition) is 7. The lowest BCUT2D eigenvalue weighted by atomic mass is 10.2. The van der Waals surface area contributed by atoms with E-state index < -0.39 is 4.92 Å². The number of methoxy groups -OCH3 is 1. The molecule has 120 valence electrons. The topological polar surface area (TPSA) is 91.1 Å². The molecule has 8 nitrogen and oxygen atoms in total. The summed E-state index contributed by atoms with van der Waals surface area (Å²) in [7, 11) is 1.35. The number of ether oxygens (including phenoxy) is 3. The van der Waals surface area contributed by atoms with Crippen LogP contribution in [0.15, 0.2) is 24.3 Å². The smallest absolute Gasteiger partial charge is 0.319 e. The van der Waals surface area contributed by atoms with E-state index in [1.54, 1.807) is 12.1 Å². The van der Waals surface area contributed by atoms with E-state index in [2.05, 4.69) is 4.74 Å². The summed E-state index contributed by atoms with van der Waals surface area (Å²) in [4.78, 5) is 23.4. The van der Waals surface area contributed by atoms with Crippen molar-refractivity contribution in [1.29, 1.82) is 0 Å². The molecule has 0 aromatic heterocycles. The highest BCUT2D eigenvalue weighted by molar-refractivity contribution is 5.71. The quantitative estimate of drug-likeness (QED) is 0.437. The largest absolute Gasteiger partial charge is 0.491 e. The highest BCUT2D eigenvalue weighted by Gasteiger charge is 2.23. The average molecular weight is 310 g/mol. The molecule has 1 aliphatic heterocycles. The fraction of sp³-hybridized carbons (Fsp3) is 0.500. The highest BCUT2D eigenvalue weighted by Crippen LogP contribution is 2.19. The van der Waals surface area contributed by atoms with Gasteiger partial charge in [-0.2, -0.15) is 0 Å². The van der Waals surface area contributed by atoms with Crippen LogP contribution in [0.5, 0.6) is 5.75 Å². The first-order chi connectivity index (χ1) is 10.6. The Morgan fingerprint density at radius 3 is 3.09 bits per heavy atom. The lowest BCUT2D eigenvalue weighted by molar-refractivity contribution is -0.384. The van der Waals surface area contributed by atoms with Crippen LogP contribution in [-0.4, -0.2) is 61.9 Å². The molecule has 22 heavy (non-hydrogen) atoms. The molecule has 0 radical (unpaired) electrons. The minimum absolute atomic E-state index is 0.0191. The Bertz CT molecular complexity index is 536. The Labute approximate surface area is 127 Å². The molecule has 1 atom stereocenters. The van der Waals surface area contributed by atoms with Crippen molar-refractivity contribution in [3.8, 4) is 5.75 Å². The second-order valence-corrected chi connectivity index (χ2v) is 4.87. The SMILES string of the molecule is COC(=O)CN1CCOC(COc2cccc([N+](=O)[O-])c2)C1. The zero-order valence-electron chi connectivity index (χ0n) is 12.3. The monoisotopic (exact) mass is 310 g/mol. The van der Waals surface area contributed by atoms with Gasteiger partial charge in [-0.25, -0.2) is 0 Å². The molecule has 0 aliphatic carbocycles. The number of morpholine rings is 1. The normalized spacial score (nSPS) is 18.7. The van der Waals surface area contributed by atoms with Crippen molar-refractivity contribution >= 4 is 11.7 Å². The van der Waals surface area contributed by atoms with Gasteiger partial charge in [0.1, 0.15) is 18.5 Å². The molecule has 1 saturated heterocycles. The summed E-state index contributed by atoms with van der Waals surface area (Å²) in [6, 6.07) is 6.00. The zero-order valence-corrected chi connectivity index (χ0v) is 12.3. The summed E-state index contributed by atoms with van der Waals surface area (Å²) in [6.07, 6.45) is -0.197. The number of non-ortho nitro benzene ring substituents is 1. The average Bonchev–Trinajstić information content (AvgIpc) is 2.53. The number of benzene rings is 1. The number of nitrogens with zero attached hydrogens (tertiary/aromatic N) is 2.